The number of carbonyl (C=O) groups excluding carboxylic acids is 2. The molecule has 1 rings (SSSR count). The lowest BCUT2D eigenvalue weighted by molar-refractivity contribution is -0.141. The highest BCUT2D eigenvalue weighted by Crippen LogP contribution is 2.15. The fourth-order valence-corrected chi connectivity index (χ4v) is 2.73. The summed E-state index contributed by atoms with van der Waals surface area (Å²) in [6.45, 7) is 10.5. The zero-order valence-corrected chi connectivity index (χ0v) is 15.8. The van der Waals surface area contributed by atoms with Crippen LogP contribution in [0.2, 0.25) is 0 Å². The maximum Gasteiger partial charge on any atom is 0.243 e. The van der Waals surface area contributed by atoms with Crippen LogP contribution in [-0.4, -0.2) is 28.8 Å². The molecule has 2 amide bonds. The summed E-state index contributed by atoms with van der Waals surface area (Å²) >= 11 is 0. The minimum atomic E-state index is -0.418. The van der Waals surface area contributed by atoms with Gasteiger partial charge >= 0.3 is 0 Å². The predicted molar refractivity (Wildman–Crippen MR) is 98.6 cm³/mol. The Morgan fingerprint density at radius 3 is 2.42 bits per heavy atom. The van der Waals surface area contributed by atoms with Gasteiger partial charge in [-0.05, 0) is 38.7 Å². The number of nitrogens with zero attached hydrogens (tertiary/aromatic N) is 1. The second kappa shape index (κ2) is 10.1. The molecule has 4 nitrogen and oxygen atoms in total. The van der Waals surface area contributed by atoms with Crippen LogP contribution in [-0.2, 0) is 16.1 Å². The molecule has 0 saturated carbocycles. The molecule has 0 heterocycles. The smallest absolute Gasteiger partial charge is 0.243 e. The Labute approximate surface area is 146 Å². The Kier molecular flexibility index (Phi) is 8.51. The molecule has 0 aromatic heterocycles. The summed E-state index contributed by atoms with van der Waals surface area (Å²) in [5, 5.41) is 3.02. The fraction of sp³-hybridized carbons (Fsp3) is 0.600. The van der Waals surface area contributed by atoms with E-state index in [1.807, 2.05) is 52.8 Å². The molecule has 1 aromatic carbocycles. The first kappa shape index (κ1) is 20.2. The van der Waals surface area contributed by atoms with Crippen molar-refractivity contribution in [1.29, 1.82) is 0 Å². The van der Waals surface area contributed by atoms with Gasteiger partial charge in [0.05, 0.1) is 0 Å². The van der Waals surface area contributed by atoms with E-state index < -0.39 is 6.04 Å². The average Bonchev–Trinajstić information content (AvgIpc) is 2.54. The molecule has 0 unspecified atom stereocenters. The zero-order valence-electron chi connectivity index (χ0n) is 15.8. The van der Waals surface area contributed by atoms with E-state index in [9.17, 15) is 9.59 Å². The van der Waals surface area contributed by atoms with Gasteiger partial charge in [0.25, 0.3) is 0 Å². The van der Waals surface area contributed by atoms with Crippen LogP contribution in [0.5, 0.6) is 0 Å². The first-order valence-corrected chi connectivity index (χ1v) is 9.08. The van der Waals surface area contributed by atoms with Crippen LogP contribution in [0.3, 0.4) is 0 Å². The molecule has 24 heavy (non-hydrogen) atoms. The van der Waals surface area contributed by atoms with E-state index in [4.69, 9.17) is 0 Å². The van der Waals surface area contributed by atoms with Gasteiger partial charge in [-0.25, -0.2) is 0 Å². The molecule has 0 bridgehead atoms. The Balaban J connectivity index is 3.01. The summed E-state index contributed by atoms with van der Waals surface area (Å²) in [4.78, 5) is 27.0. The van der Waals surface area contributed by atoms with Crippen molar-refractivity contribution in [2.45, 2.75) is 78.9 Å². The molecule has 1 N–H and O–H groups in total. The van der Waals surface area contributed by atoms with Gasteiger partial charge in [-0.15, -0.1) is 0 Å². The first-order chi connectivity index (χ1) is 11.4. The number of hydrogen-bond donors (Lipinski definition) is 1. The Morgan fingerprint density at radius 1 is 1.17 bits per heavy atom. The van der Waals surface area contributed by atoms with Crippen molar-refractivity contribution in [3.63, 3.8) is 0 Å². The SMILES string of the molecule is CCCC(=O)N(Cc1cccc(C)c1)[C@@H](CC)C(=O)N[C@@H](C)CC. The summed E-state index contributed by atoms with van der Waals surface area (Å²) in [7, 11) is 0. The Bertz CT molecular complexity index is 542. The normalized spacial score (nSPS) is 13.2. The summed E-state index contributed by atoms with van der Waals surface area (Å²) < 4.78 is 0. The number of hydrogen-bond acceptors (Lipinski definition) is 2. The monoisotopic (exact) mass is 332 g/mol. The number of aryl methyl sites for hydroxylation is 1. The topological polar surface area (TPSA) is 49.4 Å². The maximum absolute atomic E-state index is 12.6. The largest absolute Gasteiger partial charge is 0.352 e. The maximum atomic E-state index is 12.6. The standard InChI is InChI=1S/C20H32N2O2/c1-6-10-19(23)22(14-17-12-9-11-15(4)13-17)18(8-3)20(24)21-16(5)7-2/h9,11-13,16,18H,6-8,10,14H2,1-5H3,(H,21,24)/t16-,18-/m0/s1. The van der Waals surface area contributed by atoms with Gasteiger partial charge in [-0.2, -0.15) is 0 Å². The Hall–Kier alpha value is -1.84. The van der Waals surface area contributed by atoms with Crippen molar-refractivity contribution >= 4 is 11.8 Å². The third kappa shape index (κ3) is 5.99. The molecule has 0 radical (unpaired) electrons. The number of amides is 2. The molecule has 4 heteroatoms. The third-order valence-corrected chi connectivity index (χ3v) is 4.29. The van der Waals surface area contributed by atoms with Crippen LogP contribution in [0.15, 0.2) is 24.3 Å². The van der Waals surface area contributed by atoms with Crippen molar-refractivity contribution in [2.24, 2.45) is 0 Å². The lowest BCUT2D eigenvalue weighted by Crippen LogP contribution is -2.50. The van der Waals surface area contributed by atoms with Crippen molar-refractivity contribution in [3.8, 4) is 0 Å². The van der Waals surface area contributed by atoms with E-state index in [2.05, 4.69) is 11.4 Å². The number of nitrogens with one attached hydrogen (secondary N) is 1. The lowest BCUT2D eigenvalue weighted by atomic mass is 10.1. The average molecular weight is 332 g/mol. The highest BCUT2D eigenvalue weighted by molar-refractivity contribution is 5.87. The van der Waals surface area contributed by atoms with Crippen LogP contribution in [0.4, 0.5) is 0 Å². The second-order valence-electron chi connectivity index (χ2n) is 6.50. The second-order valence-corrected chi connectivity index (χ2v) is 6.50. The number of benzene rings is 1. The molecule has 0 spiro atoms. The van der Waals surface area contributed by atoms with Crippen molar-refractivity contribution < 1.29 is 9.59 Å². The molecule has 2 atom stereocenters. The van der Waals surface area contributed by atoms with E-state index in [1.165, 1.54) is 0 Å². The summed E-state index contributed by atoms with van der Waals surface area (Å²) in [5.74, 6) is -0.00545. The van der Waals surface area contributed by atoms with Gasteiger partial charge in [0, 0.05) is 19.0 Å². The van der Waals surface area contributed by atoms with Crippen LogP contribution in [0.1, 0.15) is 64.5 Å². The van der Waals surface area contributed by atoms with Gasteiger partial charge in [-0.1, -0.05) is 50.6 Å². The minimum Gasteiger partial charge on any atom is -0.352 e. The van der Waals surface area contributed by atoms with Gasteiger partial charge in [-0.3, -0.25) is 9.59 Å². The zero-order chi connectivity index (χ0) is 18.1. The van der Waals surface area contributed by atoms with Crippen molar-refractivity contribution in [1.82, 2.24) is 10.2 Å². The quantitative estimate of drug-likeness (QED) is 0.747. The molecule has 0 aliphatic heterocycles. The summed E-state index contributed by atoms with van der Waals surface area (Å²) in [6, 6.07) is 7.82. The number of rotatable bonds is 9. The molecular weight excluding hydrogens is 300 g/mol. The van der Waals surface area contributed by atoms with Gasteiger partial charge < -0.3 is 10.2 Å². The van der Waals surface area contributed by atoms with E-state index in [0.29, 0.717) is 19.4 Å². The lowest BCUT2D eigenvalue weighted by Gasteiger charge is -2.31. The molecule has 134 valence electrons. The van der Waals surface area contributed by atoms with Crippen LogP contribution in [0.25, 0.3) is 0 Å². The fourth-order valence-electron chi connectivity index (χ4n) is 2.73. The molecule has 0 aliphatic rings. The molecule has 1 aromatic rings. The highest BCUT2D eigenvalue weighted by atomic mass is 16.2. The van der Waals surface area contributed by atoms with E-state index in [0.717, 1.165) is 24.0 Å². The Morgan fingerprint density at radius 2 is 1.88 bits per heavy atom. The van der Waals surface area contributed by atoms with Crippen LogP contribution in [0, 0.1) is 6.92 Å². The van der Waals surface area contributed by atoms with Gasteiger partial charge in [0.15, 0.2) is 0 Å². The predicted octanol–water partition coefficient (Wildman–Crippen LogP) is 3.82. The molecule has 0 aliphatic carbocycles. The molecule has 0 fully saturated rings. The van der Waals surface area contributed by atoms with Crippen molar-refractivity contribution in [3.05, 3.63) is 35.4 Å². The first-order valence-electron chi connectivity index (χ1n) is 9.08. The molecule has 0 saturated heterocycles. The summed E-state index contributed by atoms with van der Waals surface area (Å²) in [5.41, 5.74) is 2.22. The summed E-state index contributed by atoms with van der Waals surface area (Å²) in [6.07, 6.45) is 2.75. The van der Waals surface area contributed by atoms with Gasteiger partial charge in [0.1, 0.15) is 6.04 Å². The van der Waals surface area contributed by atoms with Gasteiger partial charge in [0.2, 0.25) is 11.8 Å². The minimum absolute atomic E-state index is 0.0464. The highest BCUT2D eigenvalue weighted by Gasteiger charge is 2.28. The third-order valence-electron chi connectivity index (χ3n) is 4.29. The van der Waals surface area contributed by atoms with Crippen molar-refractivity contribution in [2.75, 3.05) is 0 Å². The van der Waals surface area contributed by atoms with E-state index in [-0.39, 0.29) is 17.9 Å². The van der Waals surface area contributed by atoms with E-state index in [1.54, 1.807) is 4.90 Å². The van der Waals surface area contributed by atoms with E-state index >= 15 is 0 Å². The van der Waals surface area contributed by atoms with Crippen LogP contribution < -0.4 is 5.32 Å². The molecular formula is C20H32N2O2. The van der Waals surface area contributed by atoms with Crippen LogP contribution >= 0.6 is 0 Å². The number of carbonyl (C=O) groups is 2.